The average Bonchev–Trinajstić information content (AvgIpc) is 2.56. The molecule has 23 heavy (non-hydrogen) atoms. The van der Waals surface area contributed by atoms with E-state index in [1.54, 1.807) is 0 Å². The van der Waals surface area contributed by atoms with E-state index < -0.39 is 0 Å². The van der Waals surface area contributed by atoms with Crippen LogP contribution in [-0.2, 0) is 6.42 Å². The van der Waals surface area contributed by atoms with Crippen molar-refractivity contribution < 1.29 is 5.11 Å². The lowest BCUT2D eigenvalue weighted by molar-refractivity contribution is 0.263. The second-order valence-corrected chi connectivity index (χ2v) is 7.19. The SMILES string of the molecule is CCCCCN[C@H]1C(CC)Cc2ccc(O)cc2C1CCCC. The Balaban J connectivity index is 2.20. The summed E-state index contributed by atoms with van der Waals surface area (Å²) in [5.74, 6) is 1.69. The lowest BCUT2D eigenvalue weighted by atomic mass is 9.70. The maximum absolute atomic E-state index is 9.97. The Bertz CT molecular complexity index is 471. The molecule has 1 aromatic rings. The molecule has 0 heterocycles. The van der Waals surface area contributed by atoms with Crippen molar-refractivity contribution in [3.8, 4) is 5.75 Å². The van der Waals surface area contributed by atoms with Crippen LogP contribution in [0.1, 0.15) is 82.8 Å². The monoisotopic (exact) mass is 317 g/mol. The number of rotatable bonds is 9. The number of unbranched alkanes of at least 4 members (excludes halogenated alkanes) is 3. The Morgan fingerprint density at radius 3 is 2.57 bits per heavy atom. The molecule has 0 bridgehead atoms. The molecule has 1 aromatic carbocycles. The molecule has 2 heteroatoms. The summed E-state index contributed by atoms with van der Waals surface area (Å²) in [6.45, 7) is 7.99. The van der Waals surface area contributed by atoms with Gasteiger partial charge in [-0.15, -0.1) is 0 Å². The van der Waals surface area contributed by atoms with E-state index in [9.17, 15) is 5.11 Å². The Kier molecular flexibility index (Phi) is 7.42. The molecule has 2 N–H and O–H groups in total. The van der Waals surface area contributed by atoms with Crippen molar-refractivity contribution in [2.24, 2.45) is 5.92 Å². The van der Waals surface area contributed by atoms with Crippen LogP contribution in [0.25, 0.3) is 0 Å². The van der Waals surface area contributed by atoms with E-state index in [-0.39, 0.29) is 0 Å². The number of phenolic OH excluding ortho intramolecular Hbond substituents is 1. The lowest BCUT2D eigenvalue weighted by Gasteiger charge is -2.40. The summed E-state index contributed by atoms with van der Waals surface area (Å²) in [4.78, 5) is 0. The average molecular weight is 318 g/mol. The minimum atomic E-state index is 0.421. The zero-order valence-electron chi connectivity index (χ0n) is 15.3. The van der Waals surface area contributed by atoms with Gasteiger partial charge in [-0.3, -0.25) is 0 Å². The minimum Gasteiger partial charge on any atom is -0.508 e. The Morgan fingerprint density at radius 2 is 1.87 bits per heavy atom. The first-order chi connectivity index (χ1) is 11.2. The molecule has 2 unspecified atom stereocenters. The van der Waals surface area contributed by atoms with Gasteiger partial charge in [0.15, 0.2) is 0 Å². The van der Waals surface area contributed by atoms with Gasteiger partial charge in [0.2, 0.25) is 0 Å². The molecule has 0 aliphatic heterocycles. The summed E-state index contributed by atoms with van der Waals surface area (Å²) in [6, 6.07) is 6.61. The van der Waals surface area contributed by atoms with Crippen LogP contribution in [0.3, 0.4) is 0 Å². The fraction of sp³-hybridized carbons (Fsp3) is 0.714. The molecule has 0 fully saturated rings. The molecule has 3 atom stereocenters. The van der Waals surface area contributed by atoms with Crippen molar-refractivity contribution in [3.05, 3.63) is 29.3 Å². The highest BCUT2D eigenvalue weighted by molar-refractivity contribution is 5.40. The van der Waals surface area contributed by atoms with Gasteiger partial charge in [-0.25, -0.2) is 0 Å². The topological polar surface area (TPSA) is 32.3 Å². The predicted molar refractivity (Wildman–Crippen MR) is 99.2 cm³/mol. The van der Waals surface area contributed by atoms with Gasteiger partial charge in [0.25, 0.3) is 0 Å². The van der Waals surface area contributed by atoms with Crippen LogP contribution >= 0.6 is 0 Å². The highest BCUT2D eigenvalue weighted by Crippen LogP contribution is 2.40. The number of fused-ring (bicyclic) bond motifs is 1. The summed E-state index contributed by atoms with van der Waals surface area (Å²) in [6.07, 6.45) is 9.99. The summed E-state index contributed by atoms with van der Waals surface area (Å²) in [5, 5.41) is 13.9. The van der Waals surface area contributed by atoms with Crippen molar-refractivity contribution in [2.75, 3.05) is 6.54 Å². The largest absolute Gasteiger partial charge is 0.508 e. The molecule has 2 rings (SSSR count). The summed E-state index contributed by atoms with van der Waals surface area (Å²) in [5.41, 5.74) is 2.86. The number of aromatic hydroxyl groups is 1. The highest BCUT2D eigenvalue weighted by Gasteiger charge is 2.35. The van der Waals surface area contributed by atoms with Crippen LogP contribution in [0.4, 0.5) is 0 Å². The van der Waals surface area contributed by atoms with E-state index in [1.165, 1.54) is 56.1 Å². The normalized spacial score (nSPS) is 23.7. The fourth-order valence-electron chi connectivity index (χ4n) is 4.15. The molecular formula is C21H35NO. The van der Waals surface area contributed by atoms with E-state index in [2.05, 4.69) is 32.2 Å². The van der Waals surface area contributed by atoms with Gasteiger partial charge in [-0.1, -0.05) is 58.9 Å². The molecular weight excluding hydrogens is 282 g/mol. The zero-order chi connectivity index (χ0) is 16.7. The van der Waals surface area contributed by atoms with Gasteiger partial charge < -0.3 is 10.4 Å². The van der Waals surface area contributed by atoms with Gasteiger partial charge in [-0.2, -0.15) is 0 Å². The van der Waals surface area contributed by atoms with E-state index in [0.29, 0.717) is 17.7 Å². The van der Waals surface area contributed by atoms with Crippen LogP contribution in [0.2, 0.25) is 0 Å². The third-order valence-corrected chi connectivity index (χ3v) is 5.51. The third kappa shape index (κ3) is 4.73. The van der Waals surface area contributed by atoms with Crippen LogP contribution in [0, 0.1) is 5.92 Å². The number of hydrogen-bond acceptors (Lipinski definition) is 2. The van der Waals surface area contributed by atoms with Gasteiger partial charge in [0, 0.05) is 6.04 Å². The molecule has 0 saturated carbocycles. The van der Waals surface area contributed by atoms with Crippen molar-refractivity contribution >= 4 is 0 Å². The Labute approximate surface area is 142 Å². The molecule has 0 spiro atoms. The maximum atomic E-state index is 9.97. The van der Waals surface area contributed by atoms with E-state index in [0.717, 1.165) is 18.9 Å². The van der Waals surface area contributed by atoms with Gasteiger partial charge in [0.05, 0.1) is 0 Å². The molecule has 0 amide bonds. The summed E-state index contributed by atoms with van der Waals surface area (Å²) < 4.78 is 0. The maximum Gasteiger partial charge on any atom is 0.115 e. The van der Waals surface area contributed by atoms with Crippen LogP contribution in [0.5, 0.6) is 5.75 Å². The van der Waals surface area contributed by atoms with Crippen LogP contribution < -0.4 is 5.32 Å². The number of benzene rings is 1. The highest BCUT2D eigenvalue weighted by atomic mass is 16.3. The van der Waals surface area contributed by atoms with Gasteiger partial charge >= 0.3 is 0 Å². The number of hydrogen-bond donors (Lipinski definition) is 2. The standard InChI is InChI=1S/C21H35NO/c1-4-7-9-13-22-21-16(6-3)14-17-11-12-18(23)15-20(17)19(21)10-8-5-2/h11-12,15-16,19,21-23H,4-10,13-14H2,1-3H3/t16?,19?,21-/m0/s1. The van der Waals surface area contributed by atoms with E-state index in [4.69, 9.17) is 0 Å². The summed E-state index contributed by atoms with van der Waals surface area (Å²) in [7, 11) is 0. The third-order valence-electron chi connectivity index (χ3n) is 5.51. The van der Waals surface area contributed by atoms with Crippen LogP contribution in [-0.4, -0.2) is 17.7 Å². The number of phenols is 1. The molecule has 130 valence electrons. The Morgan fingerprint density at radius 1 is 1.09 bits per heavy atom. The summed E-state index contributed by atoms with van der Waals surface area (Å²) >= 11 is 0. The molecule has 1 aliphatic rings. The molecule has 0 saturated heterocycles. The smallest absolute Gasteiger partial charge is 0.115 e. The second-order valence-electron chi connectivity index (χ2n) is 7.19. The second kappa shape index (κ2) is 9.32. The first kappa shape index (κ1) is 18.3. The van der Waals surface area contributed by atoms with Crippen molar-refractivity contribution in [1.82, 2.24) is 5.32 Å². The Hall–Kier alpha value is -1.02. The van der Waals surface area contributed by atoms with Crippen molar-refractivity contribution in [1.29, 1.82) is 0 Å². The van der Waals surface area contributed by atoms with Gasteiger partial charge in [-0.05, 0) is 60.9 Å². The van der Waals surface area contributed by atoms with Crippen molar-refractivity contribution in [2.45, 2.75) is 84.1 Å². The van der Waals surface area contributed by atoms with Gasteiger partial charge in [0.1, 0.15) is 5.75 Å². The molecule has 0 aromatic heterocycles. The first-order valence-electron chi connectivity index (χ1n) is 9.76. The van der Waals surface area contributed by atoms with E-state index >= 15 is 0 Å². The van der Waals surface area contributed by atoms with Crippen molar-refractivity contribution in [3.63, 3.8) is 0 Å². The number of nitrogens with one attached hydrogen (secondary N) is 1. The molecule has 1 aliphatic carbocycles. The zero-order valence-corrected chi connectivity index (χ0v) is 15.3. The van der Waals surface area contributed by atoms with Crippen LogP contribution in [0.15, 0.2) is 18.2 Å². The van der Waals surface area contributed by atoms with E-state index in [1.807, 2.05) is 12.1 Å². The predicted octanol–water partition coefficient (Wildman–Crippen LogP) is 5.40. The molecule has 0 radical (unpaired) electrons. The lowest BCUT2D eigenvalue weighted by Crippen LogP contribution is -2.45. The molecule has 2 nitrogen and oxygen atoms in total. The quantitative estimate of drug-likeness (QED) is 0.598. The fourth-order valence-corrected chi connectivity index (χ4v) is 4.15. The minimum absolute atomic E-state index is 0.421. The first-order valence-corrected chi connectivity index (χ1v) is 9.76.